The molecule has 1 amide bonds. The van der Waals surface area contributed by atoms with E-state index in [1.807, 2.05) is 32.0 Å². The number of rotatable bonds is 4. The smallest absolute Gasteiger partial charge is 0.260 e. The maximum absolute atomic E-state index is 12.7. The van der Waals surface area contributed by atoms with E-state index in [1.165, 1.54) is 0 Å². The SMILES string of the molecule is COc1ccc2c(c1)C(=O)CC1(CCN(C(=O)COc3cccc(C)c3C)CC1)O2. The van der Waals surface area contributed by atoms with Crippen LogP contribution in [0.3, 0.4) is 0 Å². The van der Waals surface area contributed by atoms with Gasteiger partial charge in [-0.25, -0.2) is 0 Å². The summed E-state index contributed by atoms with van der Waals surface area (Å²) in [6.45, 7) is 5.12. The van der Waals surface area contributed by atoms with Gasteiger partial charge in [0.25, 0.3) is 5.91 Å². The van der Waals surface area contributed by atoms with Crippen molar-refractivity contribution < 1.29 is 23.8 Å². The number of ketones is 1. The summed E-state index contributed by atoms with van der Waals surface area (Å²) in [5.74, 6) is 2.01. The summed E-state index contributed by atoms with van der Waals surface area (Å²) in [7, 11) is 1.58. The number of hydrogen-bond acceptors (Lipinski definition) is 5. The van der Waals surface area contributed by atoms with Gasteiger partial charge < -0.3 is 19.1 Å². The van der Waals surface area contributed by atoms with E-state index >= 15 is 0 Å². The van der Waals surface area contributed by atoms with E-state index in [-0.39, 0.29) is 18.3 Å². The summed E-state index contributed by atoms with van der Waals surface area (Å²) in [4.78, 5) is 27.2. The first-order valence-corrected chi connectivity index (χ1v) is 10.3. The molecule has 1 fully saturated rings. The Labute approximate surface area is 176 Å². The monoisotopic (exact) mass is 409 g/mol. The molecule has 6 nitrogen and oxygen atoms in total. The first-order chi connectivity index (χ1) is 14.4. The van der Waals surface area contributed by atoms with E-state index in [0.717, 1.165) is 16.9 Å². The van der Waals surface area contributed by atoms with Crippen molar-refractivity contribution in [2.75, 3.05) is 26.8 Å². The minimum atomic E-state index is -0.538. The molecule has 30 heavy (non-hydrogen) atoms. The fourth-order valence-corrected chi connectivity index (χ4v) is 4.15. The summed E-state index contributed by atoms with van der Waals surface area (Å²) in [5.41, 5.74) is 2.22. The van der Waals surface area contributed by atoms with Crippen LogP contribution in [0.2, 0.25) is 0 Å². The second-order valence-electron chi connectivity index (χ2n) is 8.11. The van der Waals surface area contributed by atoms with Crippen LogP contribution in [0.25, 0.3) is 0 Å². The maximum atomic E-state index is 12.7. The Hall–Kier alpha value is -3.02. The Morgan fingerprint density at radius 1 is 1.17 bits per heavy atom. The van der Waals surface area contributed by atoms with Gasteiger partial charge in [0.15, 0.2) is 12.4 Å². The summed E-state index contributed by atoms with van der Waals surface area (Å²) >= 11 is 0. The Kier molecular flexibility index (Phi) is 5.41. The largest absolute Gasteiger partial charge is 0.497 e. The van der Waals surface area contributed by atoms with Gasteiger partial charge in [-0.1, -0.05) is 12.1 Å². The Balaban J connectivity index is 1.37. The predicted molar refractivity (Wildman–Crippen MR) is 113 cm³/mol. The number of methoxy groups -OCH3 is 1. The number of piperidine rings is 1. The van der Waals surface area contributed by atoms with E-state index < -0.39 is 5.60 Å². The average molecular weight is 409 g/mol. The quantitative estimate of drug-likeness (QED) is 0.770. The van der Waals surface area contributed by atoms with Crippen molar-refractivity contribution in [2.24, 2.45) is 0 Å². The van der Waals surface area contributed by atoms with Crippen LogP contribution in [0.4, 0.5) is 0 Å². The maximum Gasteiger partial charge on any atom is 0.260 e. The van der Waals surface area contributed by atoms with Crippen LogP contribution in [-0.4, -0.2) is 49.0 Å². The summed E-state index contributed by atoms with van der Waals surface area (Å²) < 4.78 is 17.2. The van der Waals surface area contributed by atoms with Crippen molar-refractivity contribution in [1.29, 1.82) is 0 Å². The van der Waals surface area contributed by atoms with Gasteiger partial charge in [0.05, 0.1) is 19.1 Å². The molecule has 2 heterocycles. The van der Waals surface area contributed by atoms with Crippen LogP contribution in [0, 0.1) is 13.8 Å². The minimum Gasteiger partial charge on any atom is -0.497 e. The number of amides is 1. The summed E-state index contributed by atoms with van der Waals surface area (Å²) in [6.07, 6.45) is 1.58. The molecule has 2 aromatic rings. The minimum absolute atomic E-state index is 0.0136. The van der Waals surface area contributed by atoms with Crippen LogP contribution in [-0.2, 0) is 4.79 Å². The molecule has 0 saturated carbocycles. The normalized spacial score (nSPS) is 17.3. The molecule has 2 aliphatic heterocycles. The van der Waals surface area contributed by atoms with Crippen molar-refractivity contribution >= 4 is 11.7 Å². The van der Waals surface area contributed by atoms with Crippen molar-refractivity contribution in [1.82, 2.24) is 4.90 Å². The van der Waals surface area contributed by atoms with Crippen LogP contribution < -0.4 is 14.2 Å². The van der Waals surface area contributed by atoms with E-state index in [0.29, 0.717) is 49.4 Å². The lowest BCUT2D eigenvalue weighted by Gasteiger charge is -2.43. The zero-order valence-electron chi connectivity index (χ0n) is 17.7. The lowest BCUT2D eigenvalue weighted by atomic mass is 9.82. The zero-order chi connectivity index (χ0) is 21.3. The molecule has 2 aromatic carbocycles. The molecule has 6 heteroatoms. The number of likely N-dealkylation sites (tertiary alicyclic amines) is 1. The Bertz CT molecular complexity index is 976. The third-order valence-corrected chi connectivity index (χ3v) is 6.23. The fraction of sp³-hybridized carbons (Fsp3) is 0.417. The third kappa shape index (κ3) is 3.86. The molecule has 0 aliphatic carbocycles. The number of hydrogen-bond donors (Lipinski definition) is 0. The number of Topliss-reactive ketones (excluding diaryl/α,β-unsaturated/α-hetero) is 1. The Morgan fingerprint density at radius 2 is 1.93 bits per heavy atom. The number of aryl methyl sites for hydroxylation is 1. The number of benzene rings is 2. The second-order valence-corrected chi connectivity index (χ2v) is 8.11. The van der Waals surface area contributed by atoms with E-state index in [2.05, 4.69) is 0 Å². The standard InChI is InChI=1S/C24H27NO5/c1-16-5-4-6-21(17(16)2)29-15-23(27)25-11-9-24(10-12-25)14-20(26)19-13-18(28-3)7-8-22(19)30-24/h4-8,13H,9-12,14-15H2,1-3H3. The zero-order valence-corrected chi connectivity index (χ0v) is 17.7. The van der Waals surface area contributed by atoms with Crippen LogP contribution in [0.5, 0.6) is 17.2 Å². The highest BCUT2D eigenvalue weighted by molar-refractivity contribution is 6.00. The summed E-state index contributed by atoms with van der Waals surface area (Å²) in [6, 6.07) is 11.2. The fourth-order valence-electron chi connectivity index (χ4n) is 4.15. The van der Waals surface area contributed by atoms with Gasteiger partial charge in [0, 0.05) is 25.9 Å². The third-order valence-electron chi connectivity index (χ3n) is 6.23. The molecule has 0 aromatic heterocycles. The van der Waals surface area contributed by atoms with E-state index in [1.54, 1.807) is 30.2 Å². The van der Waals surface area contributed by atoms with Gasteiger partial charge in [0.1, 0.15) is 22.8 Å². The number of nitrogens with zero attached hydrogens (tertiary/aromatic N) is 1. The highest BCUT2D eigenvalue weighted by Gasteiger charge is 2.43. The van der Waals surface area contributed by atoms with Crippen molar-refractivity contribution in [3.63, 3.8) is 0 Å². The van der Waals surface area contributed by atoms with E-state index in [9.17, 15) is 9.59 Å². The van der Waals surface area contributed by atoms with Gasteiger partial charge in [-0.2, -0.15) is 0 Å². The lowest BCUT2D eigenvalue weighted by molar-refractivity contribution is -0.136. The van der Waals surface area contributed by atoms with Gasteiger partial charge in [-0.05, 0) is 49.2 Å². The molecule has 0 unspecified atom stereocenters. The molecule has 0 atom stereocenters. The van der Waals surface area contributed by atoms with Gasteiger partial charge >= 0.3 is 0 Å². The van der Waals surface area contributed by atoms with Crippen molar-refractivity contribution in [2.45, 2.75) is 38.7 Å². The second kappa shape index (κ2) is 8.01. The first kappa shape index (κ1) is 20.3. The molecular weight excluding hydrogens is 382 g/mol. The van der Waals surface area contributed by atoms with Crippen LogP contribution >= 0.6 is 0 Å². The molecule has 1 spiro atoms. The first-order valence-electron chi connectivity index (χ1n) is 10.3. The molecule has 0 radical (unpaired) electrons. The van der Waals surface area contributed by atoms with Gasteiger partial charge in [-0.3, -0.25) is 9.59 Å². The topological polar surface area (TPSA) is 65.1 Å². The van der Waals surface area contributed by atoms with Crippen LogP contribution in [0.15, 0.2) is 36.4 Å². The summed E-state index contributed by atoms with van der Waals surface area (Å²) in [5, 5.41) is 0. The lowest BCUT2D eigenvalue weighted by Crippen LogP contribution is -2.53. The van der Waals surface area contributed by atoms with Gasteiger partial charge in [-0.15, -0.1) is 0 Å². The van der Waals surface area contributed by atoms with Crippen molar-refractivity contribution in [3.8, 4) is 17.2 Å². The molecule has 2 aliphatic rings. The number of ether oxygens (including phenoxy) is 3. The van der Waals surface area contributed by atoms with Crippen LogP contribution in [0.1, 0.15) is 40.7 Å². The molecule has 158 valence electrons. The molecular formula is C24H27NO5. The number of fused-ring (bicyclic) bond motifs is 1. The number of carbonyl (C=O) groups excluding carboxylic acids is 2. The highest BCUT2D eigenvalue weighted by Crippen LogP contribution is 2.40. The molecule has 0 N–H and O–H groups in total. The van der Waals surface area contributed by atoms with Gasteiger partial charge in [0.2, 0.25) is 0 Å². The van der Waals surface area contributed by atoms with Crippen molar-refractivity contribution in [3.05, 3.63) is 53.1 Å². The average Bonchev–Trinajstić information content (AvgIpc) is 2.75. The number of carbonyl (C=O) groups is 2. The molecule has 1 saturated heterocycles. The Morgan fingerprint density at radius 3 is 2.67 bits per heavy atom. The molecule has 0 bridgehead atoms. The van der Waals surface area contributed by atoms with E-state index in [4.69, 9.17) is 14.2 Å². The predicted octanol–water partition coefficient (Wildman–Crippen LogP) is 3.72. The molecule has 4 rings (SSSR count). The highest BCUT2D eigenvalue weighted by atomic mass is 16.5.